The van der Waals surface area contributed by atoms with Gasteiger partial charge in [0.25, 0.3) is 0 Å². The number of rotatable bonds is 4. The number of hydrogen-bond acceptors (Lipinski definition) is 5. The van der Waals surface area contributed by atoms with Crippen LogP contribution in [0.2, 0.25) is 0 Å². The summed E-state index contributed by atoms with van der Waals surface area (Å²) in [6.07, 6.45) is 6.06. The highest BCUT2D eigenvalue weighted by Crippen LogP contribution is 2.19. The molecule has 0 amide bonds. The second kappa shape index (κ2) is 6.13. The highest BCUT2D eigenvalue weighted by molar-refractivity contribution is 5.51. The topological polar surface area (TPSA) is 64.1 Å². The summed E-state index contributed by atoms with van der Waals surface area (Å²) in [7, 11) is 1.98. The van der Waals surface area contributed by atoms with Crippen LogP contribution in [0.25, 0.3) is 5.65 Å². The summed E-state index contributed by atoms with van der Waals surface area (Å²) in [5.41, 5.74) is 5.53. The zero-order valence-corrected chi connectivity index (χ0v) is 15.5. The Morgan fingerprint density at radius 2 is 1.80 bits per heavy atom. The van der Waals surface area contributed by atoms with E-state index in [4.69, 9.17) is 9.97 Å². The number of anilines is 1. The van der Waals surface area contributed by atoms with Crippen molar-refractivity contribution in [2.24, 2.45) is 7.05 Å². The predicted octanol–water partition coefficient (Wildman–Crippen LogP) is 2.17. The summed E-state index contributed by atoms with van der Waals surface area (Å²) in [5.74, 6) is 1.88. The van der Waals surface area contributed by atoms with Gasteiger partial charge in [-0.3, -0.25) is 4.68 Å². The first-order valence-corrected chi connectivity index (χ1v) is 9.00. The molecule has 3 aromatic heterocycles. The third-order valence-corrected chi connectivity index (χ3v) is 5.29. The van der Waals surface area contributed by atoms with Crippen molar-refractivity contribution >= 4 is 11.6 Å². The number of aromatic nitrogens is 6. The van der Waals surface area contributed by atoms with E-state index in [0.29, 0.717) is 0 Å². The first-order valence-electron chi connectivity index (χ1n) is 9.00. The summed E-state index contributed by atoms with van der Waals surface area (Å²) in [6.45, 7) is 8.40. The van der Waals surface area contributed by atoms with Gasteiger partial charge < -0.3 is 4.90 Å². The normalized spacial score (nSPS) is 14.8. The first kappa shape index (κ1) is 16.1. The smallest absolute Gasteiger partial charge is 0.244 e. The molecule has 1 saturated heterocycles. The lowest BCUT2D eigenvalue weighted by molar-refractivity contribution is 0.686. The summed E-state index contributed by atoms with van der Waals surface area (Å²) in [4.78, 5) is 11.9. The number of aryl methyl sites for hydroxylation is 6. The molecule has 7 nitrogen and oxygen atoms in total. The molecule has 0 atom stereocenters. The standard InChI is InChI=1S/C18H25N7/c1-12-11-19-25-14(3)15(20-17(25)13(12)2)7-8-16-21-18(22-23(16)4)24-9-5-6-10-24/h11H,5-10H2,1-4H3. The van der Waals surface area contributed by atoms with Gasteiger partial charge in [0, 0.05) is 26.6 Å². The molecular weight excluding hydrogens is 314 g/mol. The molecule has 0 spiro atoms. The average Bonchev–Trinajstić information content (AvgIpc) is 3.30. The Morgan fingerprint density at radius 1 is 1.04 bits per heavy atom. The SMILES string of the molecule is Cc1cnn2c(C)c(CCc3nc(N4CCCC4)nn3C)nc2c1C. The van der Waals surface area contributed by atoms with Crippen LogP contribution in [-0.2, 0) is 19.9 Å². The molecule has 25 heavy (non-hydrogen) atoms. The van der Waals surface area contributed by atoms with Gasteiger partial charge in [-0.1, -0.05) is 0 Å². The Labute approximate surface area is 147 Å². The van der Waals surface area contributed by atoms with Crippen molar-refractivity contribution in [1.82, 2.24) is 29.4 Å². The minimum absolute atomic E-state index is 0.833. The van der Waals surface area contributed by atoms with Gasteiger partial charge in [0.2, 0.25) is 5.95 Å². The number of fused-ring (bicyclic) bond motifs is 1. The van der Waals surface area contributed by atoms with Gasteiger partial charge in [0.15, 0.2) is 5.65 Å². The zero-order valence-electron chi connectivity index (χ0n) is 15.5. The van der Waals surface area contributed by atoms with Gasteiger partial charge in [-0.05, 0) is 51.2 Å². The third-order valence-electron chi connectivity index (χ3n) is 5.29. The van der Waals surface area contributed by atoms with E-state index in [2.05, 4.69) is 35.9 Å². The average molecular weight is 339 g/mol. The van der Waals surface area contributed by atoms with Gasteiger partial charge in [-0.25, -0.2) is 9.50 Å². The molecule has 1 aliphatic rings. The lowest BCUT2D eigenvalue weighted by Crippen LogP contribution is -2.19. The van der Waals surface area contributed by atoms with E-state index >= 15 is 0 Å². The summed E-state index contributed by atoms with van der Waals surface area (Å²) in [6, 6.07) is 0. The highest BCUT2D eigenvalue weighted by Gasteiger charge is 2.19. The van der Waals surface area contributed by atoms with Crippen LogP contribution < -0.4 is 4.90 Å². The molecule has 0 bridgehead atoms. The lowest BCUT2D eigenvalue weighted by Gasteiger charge is -2.10. The third kappa shape index (κ3) is 2.77. The molecule has 0 aliphatic carbocycles. The van der Waals surface area contributed by atoms with Crippen LogP contribution >= 0.6 is 0 Å². The van der Waals surface area contributed by atoms with Crippen LogP contribution in [0.5, 0.6) is 0 Å². The zero-order chi connectivity index (χ0) is 17.6. The van der Waals surface area contributed by atoms with Crippen LogP contribution in [-0.4, -0.2) is 42.5 Å². The van der Waals surface area contributed by atoms with Crippen LogP contribution in [0.3, 0.4) is 0 Å². The molecule has 0 unspecified atom stereocenters. The molecule has 1 aliphatic heterocycles. The van der Waals surface area contributed by atoms with E-state index in [9.17, 15) is 0 Å². The Morgan fingerprint density at radius 3 is 2.56 bits per heavy atom. The molecule has 0 aromatic carbocycles. The Balaban J connectivity index is 1.56. The van der Waals surface area contributed by atoms with Crippen molar-refractivity contribution in [2.45, 2.75) is 46.5 Å². The van der Waals surface area contributed by atoms with Gasteiger partial charge in [0.05, 0.1) is 17.6 Å². The molecule has 7 heteroatoms. The van der Waals surface area contributed by atoms with Crippen molar-refractivity contribution in [3.05, 3.63) is 34.5 Å². The second-order valence-corrected chi connectivity index (χ2v) is 6.98. The van der Waals surface area contributed by atoms with Gasteiger partial charge >= 0.3 is 0 Å². The van der Waals surface area contributed by atoms with E-state index in [0.717, 1.165) is 54.7 Å². The van der Waals surface area contributed by atoms with Gasteiger partial charge in [0.1, 0.15) is 5.82 Å². The molecule has 132 valence electrons. The Kier molecular flexibility index (Phi) is 3.94. The molecular formula is C18H25N7. The first-order chi connectivity index (χ1) is 12.0. The second-order valence-electron chi connectivity index (χ2n) is 6.98. The molecule has 0 radical (unpaired) electrons. The van der Waals surface area contributed by atoms with E-state index in [1.54, 1.807) is 0 Å². The summed E-state index contributed by atoms with van der Waals surface area (Å²) >= 11 is 0. The van der Waals surface area contributed by atoms with Crippen molar-refractivity contribution in [1.29, 1.82) is 0 Å². The minimum atomic E-state index is 0.833. The maximum Gasteiger partial charge on any atom is 0.244 e. The van der Waals surface area contributed by atoms with Crippen LogP contribution in [0.1, 0.15) is 41.2 Å². The van der Waals surface area contributed by atoms with Crippen molar-refractivity contribution in [2.75, 3.05) is 18.0 Å². The van der Waals surface area contributed by atoms with Crippen LogP contribution in [0, 0.1) is 20.8 Å². The van der Waals surface area contributed by atoms with E-state index in [1.165, 1.54) is 24.0 Å². The van der Waals surface area contributed by atoms with Crippen molar-refractivity contribution in [3.63, 3.8) is 0 Å². The fourth-order valence-electron chi connectivity index (χ4n) is 3.48. The molecule has 0 N–H and O–H groups in total. The maximum atomic E-state index is 4.83. The molecule has 3 aromatic rings. The lowest BCUT2D eigenvalue weighted by atomic mass is 10.2. The highest BCUT2D eigenvalue weighted by atomic mass is 15.4. The number of nitrogens with zero attached hydrogens (tertiary/aromatic N) is 7. The summed E-state index contributed by atoms with van der Waals surface area (Å²) in [5, 5.41) is 9.09. The van der Waals surface area contributed by atoms with Gasteiger partial charge in [-0.2, -0.15) is 10.1 Å². The summed E-state index contributed by atoms with van der Waals surface area (Å²) < 4.78 is 3.86. The van der Waals surface area contributed by atoms with Crippen molar-refractivity contribution < 1.29 is 0 Å². The van der Waals surface area contributed by atoms with Crippen LogP contribution in [0.15, 0.2) is 6.20 Å². The predicted molar refractivity (Wildman–Crippen MR) is 97.1 cm³/mol. The molecule has 1 fully saturated rings. The van der Waals surface area contributed by atoms with Crippen LogP contribution in [0.4, 0.5) is 5.95 Å². The number of imidazole rings is 1. The fraction of sp³-hybridized carbons (Fsp3) is 0.556. The monoisotopic (exact) mass is 339 g/mol. The molecule has 4 heterocycles. The molecule has 4 rings (SSSR count). The fourth-order valence-corrected chi connectivity index (χ4v) is 3.48. The quantitative estimate of drug-likeness (QED) is 0.729. The molecule has 0 saturated carbocycles. The minimum Gasteiger partial charge on any atom is -0.340 e. The van der Waals surface area contributed by atoms with Gasteiger partial charge in [-0.15, -0.1) is 5.10 Å². The van der Waals surface area contributed by atoms with E-state index in [-0.39, 0.29) is 0 Å². The Bertz CT molecular complexity index is 915. The largest absolute Gasteiger partial charge is 0.340 e. The van der Waals surface area contributed by atoms with Crippen molar-refractivity contribution in [3.8, 4) is 0 Å². The Hall–Kier alpha value is -2.44. The maximum absolute atomic E-state index is 4.83. The van der Waals surface area contributed by atoms with E-state index < -0.39 is 0 Å². The number of hydrogen-bond donors (Lipinski definition) is 0. The van der Waals surface area contributed by atoms with E-state index in [1.807, 2.05) is 22.4 Å².